The molecule has 2 aliphatic heterocycles. The predicted molar refractivity (Wildman–Crippen MR) is 75.6 cm³/mol. The van der Waals surface area contributed by atoms with Gasteiger partial charge in [0.2, 0.25) is 0 Å². The highest BCUT2D eigenvalue weighted by Gasteiger charge is 2.40. The maximum absolute atomic E-state index is 12.6. The number of ketones is 1. The van der Waals surface area contributed by atoms with E-state index in [9.17, 15) is 9.00 Å². The molecule has 5 heteroatoms. The van der Waals surface area contributed by atoms with Gasteiger partial charge in [0.25, 0.3) is 0 Å². The van der Waals surface area contributed by atoms with Gasteiger partial charge in [0.05, 0.1) is 5.56 Å². The monoisotopic (exact) mass is 288 g/mol. The largest absolute Gasteiger partial charge is 0.294 e. The maximum atomic E-state index is 12.6. The number of hydrogen-bond acceptors (Lipinski definition) is 4. The number of Topliss-reactive ketones (excluding diaryl/α,β-unsaturated/α-hetero) is 1. The van der Waals surface area contributed by atoms with Crippen molar-refractivity contribution < 1.29 is 9.00 Å². The number of nitriles is 1. The smallest absolute Gasteiger partial charge is 0.167 e. The molecule has 0 spiro atoms. The minimum atomic E-state index is -0.756. The van der Waals surface area contributed by atoms with Gasteiger partial charge in [-0.25, -0.2) is 0 Å². The fourth-order valence-corrected chi connectivity index (χ4v) is 5.51. The number of aromatic nitrogens is 1. The summed E-state index contributed by atoms with van der Waals surface area (Å²) in [6.07, 6.45) is 7.52. The Morgan fingerprint density at radius 3 is 2.65 bits per heavy atom. The minimum absolute atomic E-state index is 0.0567. The van der Waals surface area contributed by atoms with E-state index >= 15 is 0 Å². The molecule has 0 saturated carbocycles. The number of nitrogens with zero attached hydrogens (tertiary/aromatic N) is 2. The molecular formula is C15H16N2O2S. The lowest BCUT2D eigenvalue weighted by Gasteiger charge is -2.37. The van der Waals surface area contributed by atoms with Crippen LogP contribution in [0.15, 0.2) is 18.5 Å². The van der Waals surface area contributed by atoms with Crippen LogP contribution in [0, 0.1) is 17.2 Å². The fraction of sp³-hybridized carbons (Fsp3) is 0.533. The highest BCUT2D eigenvalue weighted by atomic mass is 32.2. The van der Waals surface area contributed by atoms with Crippen LogP contribution < -0.4 is 0 Å². The summed E-state index contributed by atoms with van der Waals surface area (Å²) in [7, 11) is -0.756. The molecule has 2 aliphatic rings. The summed E-state index contributed by atoms with van der Waals surface area (Å²) < 4.78 is 12.2. The third-order valence-corrected chi connectivity index (χ3v) is 6.50. The van der Waals surface area contributed by atoms with Crippen LogP contribution in [0.25, 0.3) is 0 Å². The molecule has 0 amide bonds. The maximum Gasteiger partial charge on any atom is 0.167 e. The molecule has 0 N–H and O–H groups in total. The molecule has 3 rings (SSSR count). The molecule has 1 aromatic rings. The first-order valence-electron chi connectivity index (χ1n) is 6.98. The molecule has 2 saturated heterocycles. The highest BCUT2D eigenvalue weighted by Crippen LogP contribution is 2.38. The van der Waals surface area contributed by atoms with E-state index in [1.165, 1.54) is 12.4 Å². The summed E-state index contributed by atoms with van der Waals surface area (Å²) in [6.45, 7) is 0. The van der Waals surface area contributed by atoms with Crippen LogP contribution in [0.2, 0.25) is 0 Å². The molecule has 104 valence electrons. The van der Waals surface area contributed by atoms with Crippen molar-refractivity contribution in [3.8, 4) is 6.07 Å². The summed E-state index contributed by atoms with van der Waals surface area (Å²) in [5.41, 5.74) is 0.926. The lowest BCUT2D eigenvalue weighted by atomic mass is 9.84. The number of fused-ring (bicyclic) bond motifs is 2. The molecular weight excluding hydrogens is 272 g/mol. The van der Waals surface area contributed by atoms with Crippen molar-refractivity contribution in [3.05, 3.63) is 29.6 Å². The van der Waals surface area contributed by atoms with Crippen molar-refractivity contribution in [2.24, 2.45) is 5.92 Å². The van der Waals surface area contributed by atoms with Gasteiger partial charge in [-0.3, -0.25) is 14.0 Å². The predicted octanol–water partition coefficient (Wildman–Crippen LogP) is 2.22. The third-order valence-electron chi connectivity index (χ3n) is 4.33. The lowest BCUT2D eigenvalue weighted by molar-refractivity contribution is 0.0895. The van der Waals surface area contributed by atoms with Crippen LogP contribution >= 0.6 is 0 Å². The third kappa shape index (κ3) is 2.40. The lowest BCUT2D eigenvalue weighted by Crippen LogP contribution is -2.41. The van der Waals surface area contributed by atoms with Crippen molar-refractivity contribution in [1.29, 1.82) is 5.26 Å². The zero-order chi connectivity index (χ0) is 14.1. The molecule has 1 aromatic heterocycles. The number of pyridine rings is 1. The zero-order valence-electron chi connectivity index (χ0n) is 11.1. The summed E-state index contributed by atoms with van der Waals surface area (Å²) in [6, 6.07) is 3.62. The standard InChI is InChI=1S/C15H16N2O2S/c16-7-10-4-12(9-17-8-10)15(18)11-5-13-2-1-3-14(6-11)20(13)19/h4,8-9,11,13-14H,1-3,5-6H2. The molecule has 20 heavy (non-hydrogen) atoms. The molecule has 2 unspecified atom stereocenters. The van der Waals surface area contributed by atoms with E-state index in [1.807, 2.05) is 6.07 Å². The Morgan fingerprint density at radius 1 is 1.30 bits per heavy atom. The van der Waals surface area contributed by atoms with Crippen LogP contribution in [0.5, 0.6) is 0 Å². The van der Waals surface area contributed by atoms with Crippen LogP contribution in [0.4, 0.5) is 0 Å². The Kier molecular flexibility index (Phi) is 3.66. The SMILES string of the molecule is N#Cc1cncc(C(=O)C2CC3CCCC(C2)S3=O)c1. The molecule has 0 aliphatic carbocycles. The van der Waals surface area contributed by atoms with Gasteiger partial charge < -0.3 is 0 Å². The second-order valence-electron chi connectivity index (χ2n) is 5.61. The Labute approximate surface area is 120 Å². The van der Waals surface area contributed by atoms with Gasteiger partial charge in [-0.1, -0.05) is 6.42 Å². The van der Waals surface area contributed by atoms with Crippen molar-refractivity contribution in [2.75, 3.05) is 0 Å². The Bertz CT molecular complexity index is 592. The summed E-state index contributed by atoms with van der Waals surface area (Å²) in [5, 5.41) is 9.25. The van der Waals surface area contributed by atoms with Crippen molar-refractivity contribution >= 4 is 16.6 Å². The van der Waals surface area contributed by atoms with Crippen molar-refractivity contribution in [1.82, 2.24) is 4.98 Å². The molecule has 2 atom stereocenters. The van der Waals surface area contributed by atoms with Gasteiger partial charge in [0.1, 0.15) is 6.07 Å². The number of hydrogen-bond donors (Lipinski definition) is 0. The fourth-order valence-electron chi connectivity index (χ4n) is 3.32. The van der Waals surface area contributed by atoms with Gasteiger partial charge in [-0.15, -0.1) is 0 Å². The molecule has 2 fully saturated rings. The number of carbonyl (C=O) groups excluding carboxylic acids is 1. The molecule has 0 radical (unpaired) electrons. The zero-order valence-corrected chi connectivity index (χ0v) is 11.9. The molecule has 4 nitrogen and oxygen atoms in total. The second-order valence-corrected chi connectivity index (χ2v) is 7.60. The topological polar surface area (TPSA) is 70.8 Å². The molecule has 0 aromatic carbocycles. The van der Waals surface area contributed by atoms with Crippen LogP contribution in [-0.2, 0) is 10.8 Å². The molecule has 2 bridgehead atoms. The Balaban J connectivity index is 1.81. The van der Waals surface area contributed by atoms with E-state index in [4.69, 9.17) is 5.26 Å². The van der Waals surface area contributed by atoms with Crippen LogP contribution in [-0.4, -0.2) is 25.5 Å². The summed E-state index contributed by atoms with van der Waals surface area (Å²) in [4.78, 5) is 16.5. The summed E-state index contributed by atoms with van der Waals surface area (Å²) in [5.74, 6) is 0.00180. The number of rotatable bonds is 2. The first-order chi connectivity index (χ1) is 9.69. The van der Waals surface area contributed by atoms with Crippen molar-refractivity contribution in [3.63, 3.8) is 0 Å². The van der Waals surface area contributed by atoms with Crippen LogP contribution in [0.3, 0.4) is 0 Å². The first kappa shape index (κ1) is 13.4. The summed E-state index contributed by atoms with van der Waals surface area (Å²) >= 11 is 0. The van der Waals surface area contributed by atoms with E-state index < -0.39 is 10.8 Å². The van der Waals surface area contributed by atoms with Gasteiger partial charge in [-0.05, 0) is 31.7 Å². The van der Waals surface area contributed by atoms with E-state index in [0.29, 0.717) is 11.1 Å². The first-order valence-corrected chi connectivity index (χ1v) is 8.25. The average Bonchev–Trinajstić information content (AvgIpc) is 2.46. The van der Waals surface area contributed by atoms with Crippen LogP contribution in [0.1, 0.15) is 48.0 Å². The minimum Gasteiger partial charge on any atom is -0.294 e. The van der Waals surface area contributed by atoms with Gasteiger partial charge >= 0.3 is 0 Å². The quantitative estimate of drug-likeness (QED) is 0.782. The Hall–Kier alpha value is -1.54. The van der Waals surface area contributed by atoms with Gasteiger partial charge in [-0.2, -0.15) is 5.26 Å². The van der Waals surface area contributed by atoms with E-state index in [1.54, 1.807) is 6.07 Å². The molecule has 3 heterocycles. The normalized spacial score (nSPS) is 32.4. The van der Waals surface area contributed by atoms with E-state index in [2.05, 4.69) is 4.98 Å². The van der Waals surface area contributed by atoms with Gasteiger partial charge in [0.15, 0.2) is 5.78 Å². The van der Waals surface area contributed by atoms with E-state index in [0.717, 1.165) is 32.1 Å². The number of carbonyl (C=O) groups is 1. The Morgan fingerprint density at radius 2 is 2.00 bits per heavy atom. The highest BCUT2D eigenvalue weighted by molar-refractivity contribution is 7.86. The second kappa shape index (κ2) is 5.45. The van der Waals surface area contributed by atoms with Crippen molar-refractivity contribution in [2.45, 2.75) is 42.6 Å². The average molecular weight is 288 g/mol. The van der Waals surface area contributed by atoms with Gasteiger partial charge in [0, 0.05) is 45.2 Å². The van der Waals surface area contributed by atoms with E-state index in [-0.39, 0.29) is 22.2 Å².